The molecule has 0 aromatic heterocycles. The molecule has 6 heteroatoms. The lowest BCUT2D eigenvalue weighted by Crippen LogP contribution is -2.38. The van der Waals surface area contributed by atoms with Gasteiger partial charge in [0.05, 0.1) is 17.4 Å². The van der Waals surface area contributed by atoms with Crippen LogP contribution in [0.25, 0.3) is 0 Å². The molecule has 1 aromatic rings. The van der Waals surface area contributed by atoms with Gasteiger partial charge in [0, 0.05) is 12.6 Å². The normalized spacial score (nSPS) is 13.0. The molecule has 0 aliphatic rings. The van der Waals surface area contributed by atoms with Gasteiger partial charge in [0.1, 0.15) is 0 Å². The van der Waals surface area contributed by atoms with Crippen molar-refractivity contribution in [3.8, 4) is 6.07 Å². The summed E-state index contributed by atoms with van der Waals surface area (Å²) in [5, 5.41) is 8.71. The molecule has 1 aromatic carbocycles. The zero-order valence-electron chi connectivity index (χ0n) is 9.55. The highest BCUT2D eigenvalue weighted by atomic mass is 32.2. The third kappa shape index (κ3) is 4.53. The summed E-state index contributed by atoms with van der Waals surface area (Å²) < 4.78 is 25.9. The van der Waals surface area contributed by atoms with Gasteiger partial charge in [-0.15, -0.1) is 0 Å². The smallest absolute Gasteiger partial charge is 0.216 e. The van der Waals surface area contributed by atoms with Crippen molar-refractivity contribution < 1.29 is 8.42 Å². The SMILES string of the molecule is C[C@H](CN)NS(=O)(=O)Cc1cccc(C#N)c1. The van der Waals surface area contributed by atoms with Crippen LogP contribution in [0.3, 0.4) is 0 Å². The van der Waals surface area contributed by atoms with Crippen LogP contribution in [0.15, 0.2) is 24.3 Å². The van der Waals surface area contributed by atoms with E-state index in [9.17, 15) is 8.42 Å². The van der Waals surface area contributed by atoms with Crippen LogP contribution >= 0.6 is 0 Å². The van der Waals surface area contributed by atoms with Gasteiger partial charge in [-0.3, -0.25) is 0 Å². The molecule has 0 aliphatic carbocycles. The molecule has 1 atom stereocenters. The minimum Gasteiger partial charge on any atom is -0.329 e. The van der Waals surface area contributed by atoms with E-state index in [1.807, 2.05) is 6.07 Å². The predicted octanol–water partition coefficient (Wildman–Crippen LogP) is 0.325. The van der Waals surface area contributed by atoms with E-state index in [1.165, 1.54) is 0 Å². The Balaban J connectivity index is 2.80. The maximum absolute atomic E-state index is 11.7. The van der Waals surface area contributed by atoms with E-state index in [2.05, 4.69) is 4.72 Å². The lowest BCUT2D eigenvalue weighted by atomic mass is 10.2. The Bertz CT molecular complexity index is 520. The minimum atomic E-state index is -3.41. The third-order valence-corrected chi connectivity index (χ3v) is 3.62. The van der Waals surface area contributed by atoms with Crippen LogP contribution in [0.2, 0.25) is 0 Å². The van der Waals surface area contributed by atoms with Crippen molar-refractivity contribution in [1.82, 2.24) is 4.72 Å². The van der Waals surface area contributed by atoms with Crippen molar-refractivity contribution >= 4 is 10.0 Å². The van der Waals surface area contributed by atoms with E-state index < -0.39 is 10.0 Å². The number of nitrogens with two attached hydrogens (primary N) is 1. The third-order valence-electron chi connectivity index (χ3n) is 2.15. The van der Waals surface area contributed by atoms with E-state index in [0.717, 1.165) is 0 Å². The second kappa shape index (κ2) is 5.77. The second-order valence-electron chi connectivity index (χ2n) is 3.83. The van der Waals surface area contributed by atoms with Crippen LogP contribution in [-0.4, -0.2) is 21.0 Å². The van der Waals surface area contributed by atoms with Gasteiger partial charge < -0.3 is 5.73 Å². The summed E-state index contributed by atoms with van der Waals surface area (Å²) in [6.07, 6.45) is 0. The van der Waals surface area contributed by atoms with Crippen molar-refractivity contribution in [3.05, 3.63) is 35.4 Å². The number of benzene rings is 1. The molecule has 0 bridgehead atoms. The summed E-state index contributed by atoms with van der Waals surface area (Å²) in [4.78, 5) is 0. The number of hydrogen-bond acceptors (Lipinski definition) is 4. The standard InChI is InChI=1S/C11H15N3O2S/c1-9(6-12)14-17(15,16)8-11-4-2-3-10(5-11)7-13/h2-5,9,14H,6,8,12H2,1H3/t9-/m1/s1. The Hall–Kier alpha value is -1.42. The average molecular weight is 253 g/mol. The van der Waals surface area contributed by atoms with Gasteiger partial charge in [0.25, 0.3) is 0 Å². The summed E-state index contributed by atoms with van der Waals surface area (Å²) in [7, 11) is -3.41. The predicted molar refractivity (Wildman–Crippen MR) is 65.4 cm³/mol. The molecule has 0 unspecified atom stereocenters. The molecule has 0 fully saturated rings. The Labute approximate surface area is 101 Å². The number of sulfonamides is 1. The maximum atomic E-state index is 11.7. The summed E-state index contributed by atoms with van der Waals surface area (Å²) >= 11 is 0. The molecule has 92 valence electrons. The summed E-state index contributed by atoms with van der Waals surface area (Å²) in [6, 6.07) is 8.21. The van der Waals surface area contributed by atoms with Gasteiger partial charge in [-0.25, -0.2) is 13.1 Å². The van der Waals surface area contributed by atoms with Crippen LogP contribution in [0, 0.1) is 11.3 Å². The zero-order chi connectivity index (χ0) is 12.9. The Morgan fingerprint density at radius 1 is 1.53 bits per heavy atom. The van der Waals surface area contributed by atoms with Crippen molar-refractivity contribution in [1.29, 1.82) is 5.26 Å². The van der Waals surface area contributed by atoms with E-state index >= 15 is 0 Å². The molecular weight excluding hydrogens is 238 g/mol. The molecule has 5 nitrogen and oxygen atoms in total. The number of rotatable bonds is 5. The fraction of sp³-hybridized carbons (Fsp3) is 0.364. The Morgan fingerprint density at radius 3 is 2.82 bits per heavy atom. The number of nitrogens with zero attached hydrogens (tertiary/aromatic N) is 1. The summed E-state index contributed by atoms with van der Waals surface area (Å²) in [6.45, 7) is 1.95. The molecule has 3 N–H and O–H groups in total. The zero-order valence-corrected chi connectivity index (χ0v) is 10.4. The molecule has 0 amide bonds. The molecule has 1 rings (SSSR count). The van der Waals surface area contributed by atoms with Gasteiger partial charge in [0.15, 0.2) is 0 Å². The number of hydrogen-bond donors (Lipinski definition) is 2. The van der Waals surface area contributed by atoms with Crippen molar-refractivity contribution in [2.24, 2.45) is 5.73 Å². The number of nitrogens with one attached hydrogen (secondary N) is 1. The highest BCUT2D eigenvalue weighted by Gasteiger charge is 2.14. The van der Waals surface area contributed by atoms with Gasteiger partial charge in [-0.1, -0.05) is 12.1 Å². The molecule has 17 heavy (non-hydrogen) atoms. The molecule has 0 spiro atoms. The number of nitriles is 1. The van der Waals surface area contributed by atoms with E-state index in [0.29, 0.717) is 11.1 Å². The van der Waals surface area contributed by atoms with Crippen molar-refractivity contribution in [2.75, 3.05) is 6.54 Å². The van der Waals surface area contributed by atoms with E-state index in [-0.39, 0.29) is 18.3 Å². The van der Waals surface area contributed by atoms with Crippen LogP contribution < -0.4 is 10.5 Å². The van der Waals surface area contributed by atoms with Gasteiger partial charge >= 0.3 is 0 Å². The lowest BCUT2D eigenvalue weighted by molar-refractivity contribution is 0.562. The Morgan fingerprint density at radius 2 is 2.24 bits per heavy atom. The minimum absolute atomic E-state index is 0.146. The van der Waals surface area contributed by atoms with Crippen LogP contribution in [0.5, 0.6) is 0 Å². The fourth-order valence-electron chi connectivity index (χ4n) is 1.35. The molecule has 0 aliphatic heterocycles. The van der Waals surface area contributed by atoms with Gasteiger partial charge in [-0.05, 0) is 24.6 Å². The lowest BCUT2D eigenvalue weighted by Gasteiger charge is -2.11. The molecule has 0 saturated heterocycles. The molecule has 0 radical (unpaired) electrons. The first-order valence-electron chi connectivity index (χ1n) is 5.16. The molecule has 0 heterocycles. The Kier molecular flexibility index (Phi) is 4.63. The van der Waals surface area contributed by atoms with Crippen LogP contribution in [-0.2, 0) is 15.8 Å². The second-order valence-corrected chi connectivity index (χ2v) is 5.58. The molecule has 0 saturated carbocycles. The quantitative estimate of drug-likeness (QED) is 0.790. The van der Waals surface area contributed by atoms with Crippen molar-refractivity contribution in [2.45, 2.75) is 18.7 Å². The maximum Gasteiger partial charge on any atom is 0.216 e. The molecular formula is C11H15N3O2S. The topological polar surface area (TPSA) is 96.0 Å². The first-order valence-corrected chi connectivity index (χ1v) is 6.81. The van der Waals surface area contributed by atoms with E-state index in [4.69, 9.17) is 11.0 Å². The van der Waals surface area contributed by atoms with E-state index in [1.54, 1.807) is 31.2 Å². The van der Waals surface area contributed by atoms with Gasteiger partial charge in [-0.2, -0.15) is 5.26 Å². The highest BCUT2D eigenvalue weighted by Crippen LogP contribution is 2.08. The van der Waals surface area contributed by atoms with Gasteiger partial charge in [0.2, 0.25) is 10.0 Å². The highest BCUT2D eigenvalue weighted by molar-refractivity contribution is 7.88. The van der Waals surface area contributed by atoms with Crippen LogP contribution in [0.4, 0.5) is 0 Å². The van der Waals surface area contributed by atoms with Crippen LogP contribution in [0.1, 0.15) is 18.1 Å². The first-order chi connectivity index (χ1) is 7.96. The first kappa shape index (κ1) is 13.6. The fourth-order valence-corrected chi connectivity index (χ4v) is 2.76. The van der Waals surface area contributed by atoms with Crippen molar-refractivity contribution in [3.63, 3.8) is 0 Å². The summed E-state index contributed by atoms with van der Waals surface area (Å²) in [5.74, 6) is -0.146. The largest absolute Gasteiger partial charge is 0.329 e. The summed E-state index contributed by atoms with van der Waals surface area (Å²) in [5.41, 5.74) is 6.38. The monoisotopic (exact) mass is 253 g/mol. The average Bonchev–Trinajstić information content (AvgIpc) is 2.27.